The van der Waals surface area contributed by atoms with E-state index in [-0.39, 0.29) is 11.0 Å². The highest BCUT2D eigenvalue weighted by Gasteiger charge is 2.08. The molecule has 132 valence electrons. The van der Waals surface area contributed by atoms with Crippen molar-refractivity contribution in [1.29, 1.82) is 0 Å². The van der Waals surface area contributed by atoms with Crippen molar-refractivity contribution in [3.8, 4) is 0 Å². The molecule has 0 atom stereocenters. The van der Waals surface area contributed by atoms with Crippen LogP contribution in [0.5, 0.6) is 0 Å². The van der Waals surface area contributed by atoms with Gasteiger partial charge in [-0.25, -0.2) is 0 Å². The van der Waals surface area contributed by atoms with E-state index >= 15 is 0 Å². The van der Waals surface area contributed by atoms with Gasteiger partial charge in [-0.1, -0.05) is 12.1 Å². The van der Waals surface area contributed by atoms with Gasteiger partial charge in [-0.05, 0) is 92.7 Å². The lowest BCUT2D eigenvalue weighted by Gasteiger charge is -2.10. The molecule has 3 rings (SSSR count). The molecule has 0 saturated carbocycles. The maximum Gasteiger partial charge on any atom is 0.257 e. The molecule has 0 fully saturated rings. The molecule has 5 nitrogen and oxygen atoms in total. The molecule has 8 heteroatoms. The van der Waals surface area contributed by atoms with E-state index < -0.39 is 0 Å². The predicted octanol–water partition coefficient (Wildman–Crippen LogP) is 4.43. The van der Waals surface area contributed by atoms with Crippen LogP contribution in [0.25, 0.3) is 0 Å². The number of anilines is 1. The Bertz CT molecular complexity index is 925. The van der Waals surface area contributed by atoms with Crippen LogP contribution in [0.1, 0.15) is 15.9 Å². The van der Waals surface area contributed by atoms with Gasteiger partial charge < -0.3 is 5.32 Å². The molecule has 0 spiro atoms. The number of hydrogen-bond acceptors (Lipinski definition) is 3. The third kappa shape index (κ3) is 5.36. The Labute approximate surface area is 178 Å². The summed E-state index contributed by atoms with van der Waals surface area (Å²) in [6, 6.07) is 15.1. The summed E-state index contributed by atoms with van der Waals surface area (Å²) in [5.41, 5.74) is 2.43. The normalized spacial score (nSPS) is 10.4. The molecule has 0 aliphatic rings. The molecule has 0 aliphatic carbocycles. The summed E-state index contributed by atoms with van der Waals surface area (Å²) >= 11 is 10.8. The molecule has 0 radical (unpaired) electrons. The Morgan fingerprint density at radius 2 is 1.85 bits per heavy atom. The van der Waals surface area contributed by atoms with Gasteiger partial charge in [-0.2, -0.15) is 5.10 Å². The van der Waals surface area contributed by atoms with Crippen LogP contribution in [0.3, 0.4) is 0 Å². The summed E-state index contributed by atoms with van der Waals surface area (Å²) in [4.78, 5) is 12.3. The molecule has 26 heavy (non-hydrogen) atoms. The van der Waals surface area contributed by atoms with Crippen LogP contribution in [-0.2, 0) is 6.54 Å². The zero-order valence-corrected chi connectivity index (χ0v) is 18.0. The monoisotopic (exact) mass is 540 g/mol. The summed E-state index contributed by atoms with van der Waals surface area (Å²) in [5.74, 6) is -0.249. The number of nitrogens with one attached hydrogen (secondary N) is 2. The van der Waals surface area contributed by atoms with Crippen molar-refractivity contribution in [3.63, 3.8) is 0 Å². The van der Waals surface area contributed by atoms with Crippen molar-refractivity contribution >= 4 is 67.4 Å². The van der Waals surface area contributed by atoms with Crippen LogP contribution in [0.4, 0.5) is 5.69 Å². The molecule has 1 heterocycles. The minimum atomic E-state index is -0.249. The van der Waals surface area contributed by atoms with Gasteiger partial charge in [0.25, 0.3) is 5.91 Å². The molecule has 0 saturated heterocycles. The predicted molar refractivity (Wildman–Crippen MR) is 118 cm³/mol. The molecule has 2 N–H and O–H groups in total. The number of benzene rings is 2. The van der Waals surface area contributed by atoms with Crippen LogP contribution in [0.15, 0.2) is 65.4 Å². The third-order valence-corrected chi connectivity index (χ3v) is 4.82. The Morgan fingerprint density at radius 3 is 2.46 bits per heavy atom. The van der Waals surface area contributed by atoms with Gasteiger partial charge in [0.05, 0.1) is 17.2 Å². The number of nitrogens with zero attached hydrogens (tertiary/aromatic N) is 2. The average Bonchev–Trinajstić information content (AvgIpc) is 3.02. The highest BCUT2D eigenvalue weighted by atomic mass is 127. The number of amides is 1. The number of aromatic nitrogens is 2. The smallest absolute Gasteiger partial charge is 0.257 e. The topological polar surface area (TPSA) is 59.0 Å². The number of carbonyl (C=O) groups is 1. The van der Waals surface area contributed by atoms with E-state index in [0.29, 0.717) is 12.1 Å². The van der Waals surface area contributed by atoms with E-state index in [1.54, 1.807) is 18.3 Å². The fourth-order valence-corrected chi connectivity index (χ4v) is 3.14. The molecular weight excluding hydrogens is 527 g/mol. The average molecular weight is 541 g/mol. The highest BCUT2D eigenvalue weighted by molar-refractivity contribution is 14.1. The van der Waals surface area contributed by atoms with Gasteiger partial charge in [0.15, 0.2) is 5.11 Å². The quantitative estimate of drug-likeness (QED) is 0.380. The lowest BCUT2D eigenvalue weighted by Crippen LogP contribution is -2.34. The molecule has 0 unspecified atom stereocenters. The maximum atomic E-state index is 12.3. The first-order valence-corrected chi connectivity index (χ1v) is 9.92. The lowest BCUT2D eigenvalue weighted by molar-refractivity contribution is 0.0977. The van der Waals surface area contributed by atoms with Crippen molar-refractivity contribution in [2.45, 2.75) is 6.54 Å². The van der Waals surface area contributed by atoms with Gasteiger partial charge in [0.1, 0.15) is 0 Å². The second kappa shape index (κ2) is 8.74. The van der Waals surface area contributed by atoms with Crippen molar-refractivity contribution < 1.29 is 4.79 Å². The first kappa shape index (κ1) is 19.0. The minimum Gasteiger partial charge on any atom is -0.332 e. The van der Waals surface area contributed by atoms with Crippen molar-refractivity contribution in [3.05, 3.63) is 80.1 Å². The zero-order chi connectivity index (χ0) is 18.5. The van der Waals surface area contributed by atoms with E-state index in [1.165, 1.54) is 0 Å². The van der Waals surface area contributed by atoms with Gasteiger partial charge in [-0.3, -0.25) is 14.8 Å². The number of hydrogen-bond donors (Lipinski definition) is 2. The second-order valence-electron chi connectivity index (χ2n) is 5.47. The van der Waals surface area contributed by atoms with Gasteiger partial charge in [0, 0.05) is 21.0 Å². The lowest BCUT2D eigenvalue weighted by atomic mass is 10.1. The van der Waals surface area contributed by atoms with Crippen molar-refractivity contribution in [1.82, 2.24) is 15.1 Å². The van der Waals surface area contributed by atoms with E-state index in [0.717, 1.165) is 19.3 Å². The number of carbonyl (C=O) groups excluding carboxylic acids is 1. The summed E-state index contributed by atoms with van der Waals surface area (Å²) in [5, 5.41) is 10.2. The van der Waals surface area contributed by atoms with Gasteiger partial charge >= 0.3 is 0 Å². The molecule has 2 aromatic carbocycles. The second-order valence-corrected chi connectivity index (χ2v) is 8.04. The van der Waals surface area contributed by atoms with Gasteiger partial charge in [-0.15, -0.1) is 0 Å². The fourth-order valence-electron chi connectivity index (χ4n) is 2.24. The van der Waals surface area contributed by atoms with Crippen LogP contribution < -0.4 is 10.6 Å². The third-order valence-electron chi connectivity index (χ3n) is 3.49. The number of halogens is 2. The maximum absolute atomic E-state index is 12.3. The van der Waals surface area contributed by atoms with E-state index in [4.69, 9.17) is 12.2 Å². The Balaban J connectivity index is 1.57. The Hall–Kier alpha value is -1.78. The highest BCUT2D eigenvalue weighted by Crippen LogP contribution is 2.12. The van der Waals surface area contributed by atoms with Crippen LogP contribution in [0, 0.1) is 3.57 Å². The Kier molecular flexibility index (Phi) is 6.38. The van der Waals surface area contributed by atoms with Crippen LogP contribution in [0.2, 0.25) is 0 Å². The van der Waals surface area contributed by atoms with E-state index in [2.05, 4.69) is 54.3 Å². The molecule has 0 bridgehead atoms. The van der Waals surface area contributed by atoms with E-state index in [9.17, 15) is 4.79 Å². The standard InChI is InChI=1S/C18H14BrIN4OS/c19-14-9-21-24(11-14)10-12-1-3-13(4-2-12)17(25)23-18(26)22-16-7-5-15(20)6-8-16/h1-9,11H,10H2,(H2,22,23,25,26). The molecule has 0 aliphatic heterocycles. The van der Waals surface area contributed by atoms with Crippen molar-refractivity contribution in [2.24, 2.45) is 0 Å². The first-order chi connectivity index (χ1) is 12.5. The van der Waals surface area contributed by atoms with E-state index in [1.807, 2.05) is 47.3 Å². The summed E-state index contributed by atoms with van der Waals surface area (Å²) in [6.07, 6.45) is 3.64. The Morgan fingerprint density at radius 1 is 1.15 bits per heavy atom. The molecule has 3 aromatic rings. The number of thiocarbonyl (C=S) groups is 1. The summed E-state index contributed by atoms with van der Waals surface area (Å²) < 4.78 is 3.88. The fraction of sp³-hybridized carbons (Fsp3) is 0.0556. The minimum absolute atomic E-state index is 0.249. The van der Waals surface area contributed by atoms with Gasteiger partial charge in [0.2, 0.25) is 0 Å². The zero-order valence-electron chi connectivity index (χ0n) is 13.4. The number of rotatable bonds is 4. The van der Waals surface area contributed by atoms with Crippen molar-refractivity contribution in [2.75, 3.05) is 5.32 Å². The largest absolute Gasteiger partial charge is 0.332 e. The summed E-state index contributed by atoms with van der Waals surface area (Å²) in [7, 11) is 0. The molecule has 1 amide bonds. The molecular formula is C18H14BrIN4OS. The SMILES string of the molecule is O=C(NC(=S)Nc1ccc(I)cc1)c1ccc(Cn2cc(Br)cn2)cc1. The molecule has 1 aromatic heterocycles. The van der Waals surface area contributed by atoms with Crippen LogP contribution >= 0.6 is 50.7 Å². The summed E-state index contributed by atoms with van der Waals surface area (Å²) in [6.45, 7) is 0.639. The van der Waals surface area contributed by atoms with Crippen LogP contribution in [-0.4, -0.2) is 20.8 Å². The first-order valence-electron chi connectivity index (χ1n) is 7.64.